The average Bonchev–Trinajstić information content (AvgIpc) is 3.02. The molecule has 0 unspecified atom stereocenters. The predicted octanol–water partition coefficient (Wildman–Crippen LogP) is 2.81. The van der Waals surface area contributed by atoms with Gasteiger partial charge in [0, 0.05) is 24.5 Å². The Morgan fingerprint density at radius 2 is 2.13 bits per heavy atom. The molecule has 0 aromatic heterocycles. The van der Waals surface area contributed by atoms with Gasteiger partial charge in [0.1, 0.15) is 0 Å². The standard InChI is InChI=1S/C13H20N2/c1-3-15(9-11-5-6-11)13-8-12(14)7-4-10(13)2/h4,7-8,11H,3,5-6,9,14H2,1-2H3. The van der Waals surface area contributed by atoms with E-state index in [0.29, 0.717) is 0 Å². The van der Waals surface area contributed by atoms with Crippen LogP contribution in [0, 0.1) is 12.8 Å². The first kappa shape index (κ1) is 10.3. The van der Waals surface area contributed by atoms with E-state index in [-0.39, 0.29) is 0 Å². The zero-order valence-electron chi connectivity index (χ0n) is 9.66. The molecule has 0 spiro atoms. The van der Waals surface area contributed by atoms with Crippen LogP contribution in [0.4, 0.5) is 11.4 Å². The number of nitrogen functional groups attached to an aromatic ring is 1. The van der Waals surface area contributed by atoms with Crippen molar-refractivity contribution >= 4 is 11.4 Å². The molecule has 1 aliphatic rings. The van der Waals surface area contributed by atoms with Gasteiger partial charge >= 0.3 is 0 Å². The van der Waals surface area contributed by atoms with Gasteiger partial charge in [0.25, 0.3) is 0 Å². The summed E-state index contributed by atoms with van der Waals surface area (Å²) in [5.41, 5.74) is 9.34. The maximum Gasteiger partial charge on any atom is 0.0416 e. The van der Waals surface area contributed by atoms with Crippen molar-refractivity contribution in [3.8, 4) is 0 Å². The van der Waals surface area contributed by atoms with Crippen LogP contribution in [0.1, 0.15) is 25.3 Å². The monoisotopic (exact) mass is 204 g/mol. The molecule has 82 valence electrons. The van der Waals surface area contributed by atoms with Crippen LogP contribution in [0.2, 0.25) is 0 Å². The fourth-order valence-corrected chi connectivity index (χ4v) is 1.98. The molecule has 0 atom stereocenters. The van der Waals surface area contributed by atoms with Gasteiger partial charge in [0.05, 0.1) is 0 Å². The first-order valence-electron chi connectivity index (χ1n) is 5.81. The van der Waals surface area contributed by atoms with Crippen molar-refractivity contribution in [2.75, 3.05) is 23.7 Å². The van der Waals surface area contributed by atoms with Gasteiger partial charge in [0.2, 0.25) is 0 Å². The SMILES string of the molecule is CCN(CC1CC1)c1cc(N)ccc1C. The lowest BCUT2D eigenvalue weighted by Gasteiger charge is -2.25. The summed E-state index contributed by atoms with van der Waals surface area (Å²) in [6.45, 7) is 6.64. The number of nitrogens with zero attached hydrogens (tertiary/aromatic N) is 1. The molecule has 1 fully saturated rings. The van der Waals surface area contributed by atoms with Gasteiger partial charge in [-0.15, -0.1) is 0 Å². The van der Waals surface area contributed by atoms with Crippen LogP contribution in [-0.2, 0) is 0 Å². The molecule has 1 aliphatic carbocycles. The number of benzene rings is 1. The summed E-state index contributed by atoms with van der Waals surface area (Å²) in [6.07, 6.45) is 2.80. The van der Waals surface area contributed by atoms with Gasteiger partial charge in [-0.05, 0) is 50.3 Å². The van der Waals surface area contributed by atoms with E-state index in [1.807, 2.05) is 6.07 Å². The molecule has 1 aromatic carbocycles. The second-order valence-corrected chi connectivity index (χ2v) is 4.53. The van der Waals surface area contributed by atoms with Crippen molar-refractivity contribution in [3.05, 3.63) is 23.8 Å². The zero-order valence-corrected chi connectivity index (χ0v) is 9.66. The Balaban J connectivity index is 2.19. The maximum atomic E-state index is 5.84. The third kappa shape index (κ3) is 2.44. The summed E-state index contributed by atoms with van der Waals surface area (Å²) in [7, 11) is 0. The molecule has 0 radical (unpaired) electrons. The summed E-state index contributed by atoms with van der Waals surface area (Å²) in [5.74, 6) is 0.922. The summed E-state index contributed by atoms with van der Waals surface area (Å²) < 4.78 is 0. The molecule has 2 rings (SSSR count). The first-order chi connectivity index (χ1) is 7.20. The Morgan fingerprint density at radius 3 is 2.73 bits per heavy atom. The van der Waals surface area contributed by atoms with E-state index in [0.717, 1.165) is 18.2 Å². The highest BCUT2D eigenvalue weighted by Gasteiger charge is 2.24. The second-order valence-electron chi connectivity index (χ2n) is 4.53. The number of rotatable bonds is 4. The fourth-order valence-electron chi connectivity index (χ4n) is 1.98. The van der Waals surface area contributed by atoms with E-state index in [1.54, 1.807) is 0 Å². The third-order valence-corrected chi connectivity index (χ3v) is 3.13. The lowest BCUT2D eigenvalue weighted by atomic mass is 10.1. The molecule has 0 amide bonds. The van der Waals surface area contributed by atoms with Crippen LogP contribution < -0.4 is 10.6 Å². The molecular formula is C13H20N2. The molecular weight excluding hydrogens is 184 g/mol. The minimum Gasteiger partial charge on any atom is -0.399 e. The number of hydrogen-bond acceptors (Lipinski definition) is 2. The average molecular weight is 204 g/mol. The minimum atomic E-state index is 0.866. The van der Waals surface area contributed by atoms with Crippen molar-refractivity contribution in [1.82, 2.24) is 0 Å². The topological polar surface area (TPSA) is 29.3 Å². The molecule has 2 N–H and O–H groups in total. The van der Waals surface area contributed by atoms with Gasteiger partial charge in [-0.25, -0.2) is 0 Å². The number of aryl methyl sites for hydroxylation is 1. The van der Waals surface area contributed by atoms with Crippen LogP contribution in [0.5, 0.6) is 0 Å². The van der Waals surface area contributed by atoms with Crippen molar-refractivity contribution in [2.24, 2.45) is 5.92 Å². The Morgan fingerprint density at radius 1 is 1.40 bits per heavy atom. The number of anilines is 2. The van der Waals surface area contributed by atoms with Crippen molar-refractivity contribution in [3.63, 3.8) is 0 Å². The van der Waals surface area contributed by atoms with Crippen LogP contribution in [-0.4, -0.2) is 13.1 Å². The summed E-state index contributed by atoms with van der Waals surface area (Å²) in [4.78, 5) is 2.45. The quantitative estimate of drug-likeness (QED) is 0.764. The molecule has 0 bridgehead atoms. The highest BCUT2D eigenvalue weighted by molar-refractivity contribution is 5.60. The lowest BCUT2D eigenvalue weighted by molar-refractivity contribution is 0.740. The third-order valence-electron chi connectivity index (χ3n) is 3.13. The van der Waals surface area contributed by atoms with Crippen LogP contribution in [0.15, 0.2) is 18.2 Å². The Bertz CT molecular complexity index is 342. The van der Waals surface area contributed by atoms with E-state index in [1.165, 1.54) is 30.6 Å². The number of nitrogens with two attached hydrogens (primary N) is 1. The first-order valence-corrected chi connectivity index (χ1v) is 5.81. The van der Waals surface area contributed by atoms with Gasteiger partial charge in [0.15, 0.2) is 0 Å². The van der Waals surface area contributed by atoms with Gasteiger partial charge in [-0.3, -0.25) is 0 Å². The Kier molecular flexibility index (Phi) is 2.85. The number of hydrogen-bond donors (Lipinski definition) is 1. The van der Waals surface area contributed by atoms with E-state index in [4.69, 9.17) is 5.73 Å². The van der Waals surface area contributed by atoms with E-state index >= 15 is 0 Å². The summed E-state index contributed by atoms with van der Waals surface area (Å²) in [5, 5.41) is 0. The van der Waals surface area contributed by atoms with Gasteiger partial charge in [-0.1, -0.05) is 6.07 Å². The van der Waals surface area contributed by atoms with Gasteiger partial charge < -0.3 is 10.6 Å². The highest BCUT2D eigenvalue weighted by Crippen LogP contribution is 2.32. The van der Waals surface area contributed by atoms with Crippen molar-refractivity contribution in [2.45, 2.75) is 26.7 Å². The van der Waals surface area contributed by atoms with Crippen LogP contribution in [0.25, 0.3) is 0 Å². The van der Waals surface area contributed by atoms with Crippen LogP contribution in [0.3, 0.4) is 0 Å². The maximum absolute atomic E-state index is 5.84. The molecule has 0 heterocycles. The molecule has 0 aliphatic heterocycles. The summed E-state index contributed by atoms with van der Waals surface area (Å²) in [6, 6.07) is 6.19. The van der Waals surface area contributed by atoms with Crippen molar-refractivity contribution < 1.29 is 0 Å². The van der Waals surface area contributed by atoms with E-state index in [9.17, 15) is 0 Å². The molecule has 1 aromatic rings. The molecule has 15 heavy (non-hydrogen) atoms. The summed E-state index contributed by atoms with van der Waals surface area (Å²) >= 11 is 0. The van der Waals surface area contributed by atoms with E-state index in [2.05, 4.69) is 30.9 Å². The second kappa shape index (κ2) is 4.13. The van der Waals surface area contributed by atoms with Crippen LogP contribution >= 0.6 is 0 Å². The molecule has 2 heteroatoms. The smallest absolute Gasteiger partial charge is 0.0416 e. The lowest BCUT2D eigenvalue weighted by Crippen LogP contribution is -2.26. The predicted molar refractivity (Wildman–Crippen MR) is 66.2 cm³/mol. The normalized spacial score (nSPS) is 15.3. The Labute approximate surface area is 92.1 Å². The minimum absolute atomic E-state index is 0.866. The zero-order chi connectivity index (χ0) is 10.8. The molecule has 0 saturated heterocycles. The molecule has 1 saturated carbocycles. The van der Waals surface area contributed by atoms with E-state index < -0.39 is 0 Å². The highest BCUT2D eigenvalue weighted by atomic mass is 15.1. The Hall–Kier alpha value is -1.18. The van der Waals surface area contributed by atoms with Gasteiger partial charge in [-0.2, -0.15) is 0 Å². The molecule has 2 nitrogen and oxygen atoms in total. The van der Waals surface area contributed by atoms with Crippen molar-refractivity contribution in [1.29, 1.82) is 0 Å². The largest absolute Gasteiger partial charge is 0.399 e. The fraction of sp³-hybridized carbons (Fsp3) is 0.538.